The topological polar surface area (TPSA) is 115 Å². The van der Waals surface area contributed by atoms with Crippen LogP contribution in [0, 0.1) is 22.0 Å². The highest BCUT2D eigenvalue weighted by Crippen LogP contribution is 2.42. The maximum absolute atomic E-state index is 12.9. The molecular weight excluding hydrogens is 586 g/mol. The summed E-state index contributed by atoms with van der Waals surface area (Å²) in [5, 5.41) is 21.7. The largest absolute Gasteiger partial charge is 0.497 e. The van der Waals surface area contributed by atoms with E-state index in [9.17, 15) is 20.0 Å². The number of ether oxygens (including phenoxy) is 1. The lowest BCUT2D eigenvalue weighted by Crippen LogP contribution is -2.49. The van der Waals surface area contributed by atoms with Crippen molar-refractivity contribution in [1.29, 1.82) is 0 Å². The summed E-state index contributed by atoms with van der Waals surface area (Å²) >= 11 is 6.12. The first-order chi connectivity index (χ1) is 20.2. The number of non-ortho nitro benzene ring substituents is 1. The van der Waals surface area contributed by atoms with Gasteiger partial charge in [0.25, 0.3) is 5.69 Å². The van der Waals surface area contributed by atoms with Crippen LogP contribution in [0.25, 0.3) is 0 Å². The first-order valence-electron chi connectivity index (χ1n) is 13.9. The Bertz CT molecular complexity index is 1450. The van der Waals surface area contributed by atoms with Gasteiger partial charge in [0.15, 0.2) is 8.32 Å². The van der Waals surface area contributed by atoms with Crippen LogP contribution in [-0.2, 0) is 11.0 Å². The van der Waals surface area contributed by atoms with E-state index in [0.717, 1.165) is 11.1 Å². The average Bonchev–Trinajstić information content (AvgIpc) is 2.95. The standard InChI is InChI=1S/C32H38ClN3O6Si/c1-32(2,3)43(5,6)42-30(25-15-20-29(33)34-21-25)28(10-8-7-9-23-11-16-26(17-12-23)36(39)40)35(31(37)38)22-24-13-18-27(41-4)19-14-24/h11-21,28,30H,8,10,22H2,1-6H3,(H,37,38)/t28-,30?/m1/s1. The molecule has 0 radical (unpaired) electrons. The Morgan fingerprint density at radius 3 is 2.28 bits per heavy atom. The van der Waals surface area contributed by atoms with E-state index < -0.39 is 31.5 Å². The number of carbonyl (C=O) groups is 1. The van der Waals surface area contributed by atoms with Crippen molar-refractivity contribution >= 4 is 31.7 Å². The summed E-state index contributed by atoms with van der Waals surface area (Å²) in [6.45, 7) is 10.8. The predicted octanol–water partition coefficient (Wildman–Crippen LogP) is 8.10. The number of pyridine rings is 1. The molecule has 9 nitrogen and oxygen atoms in total. The summed E-state index contributed by atoms with van der Waals surface area (Å²) in [5.41, 5.74) is 2.14. The highest BCUT2D eigenvalue weighted by molar-refractivity contribution is 6.74. The molecule has 0 bridgehead atoms. The molecule has 0 aliphatic carbocycles. The minimum absolute atomic E-state index is 0.0107. The van der Waals surface area contributed by atoms with E-state index in [4.69, 9.17) is 20.8 Å². The van der Waals surface area contributed by atoms with E-state index in [2.05, 4.69) is 50.7 Å². The minimum atomic E-state index is -2.42. The van der Waals surface area contributed by atoms with Gasteiger partial charge in [-0.15, -0.1) is 0 Å². The number of aromatic nitrogens is 1. The zero-order valence-electron chi connectivity index (χ0n) is 25.3. The van der Waals surface area contributed by atoms with Crippen LogP contribution in [0.2, 0.25) is 23.3 Å². The van der Waals surface area contributed by atoms with Crippen molar-refractivity contribution in [2.45, 2.75) is 70.4 Å². The van der Waals surface area contributed by atoms with Gasteiger partial charge in [0.05, 0.1) is 24.2 Å². The summed E-state index contributed by atoms with van der Waals surface area (Å²) in [6.07, 6.45) is 0.635. The number of rotatable bonds is 11. The Balaban J connectivity index is 2.03. The van der Waals surface area contributed by atoms with E-state index in [1.165, 1.54) is 17.0 Å². The zero-order chi connectivity index (χ0) is 31.8. The summed E-state index contributed by atoms with van der Waals surface area (Å²) in [7, 11) is -0.836. The molecule has 0 spiro atoms. The lowest BCUT2D eigenvalue weighted by molar-refractivity contribution is -0.384. The third-order valence-electron chi connectivity index (χ3n) is 7.69. The van der Waals surface area contributed by atoms with E-state index in [1.54, 1.807) is 43.6 Å². The number of nitro groups is 1. The van der Waals surface area contributed by atoms with Crippen molar-refractivity contribution < 1.29 is 24.0 Å². The second-order valence-corrected chi connectivity index (χ2v) is 16.8. The first-order valence-corrected chi connectivity index (χ1v) is 17.2. The van der Waals surface area contributed by atoms with Gasteiger partial charge in [-0.1, -0.05) is 62.4 Å². The summed E-state index contributed by atoms with van der Waals surface area (Å²) in [4.78, 5) is 29.1. The summed E-state index contributed by atoms with van der Waals surface area (Å²) < 4.78 is 12.2. The molecule has 0 saturated heterocycles. The Labute approximate surface area is 259 Å². The minimum Gasteiger partial charge on any atom is -0.497 e. The van der Waals surface area contributed by atoms with Crippen LogP contribution in [0.15, 0.2) is 66.9 Å². The molecule has 1 aromatic heterocycles. The van der Waals surface area contributed by atoms with Gasteiger partial charge in [0.1, 0.15) is 10.9 Å². The Hall–Kier alpha value is -3.91. The molecule has 0 fully saturated rings. The fourth-order valence-corrected chi connectivity index (χ4v) is 5.59. The van der Waals surface area contributed by atoms with Crippen LogP contribution in [0.5, 0.6) is 5.75 Å². The van der Waals surface area contributed by atoms with Gasteiger partial charge in [-0.05, 0) is 60.4 Å². The SMILES string of the molecule is COc1ccc(CN(C(=O)O)[C@H](CCC#Cc2ccc([N+](=O)[O-])cc2)C(O[Si](C)(C)C(C)(C)C)c2ccc(Cl)nc2)cc1. The van der Waals surface area contributed by atoms with Crippen LogP contribution in [0.4, 0.5) is 10.5 Å². The first kappa shape index (κ1) is 33.6. The molecule has 11 heteroatoms. The Kier molecular flexibility index (Phi) is 11.3. The number of nitrogens with zero attached hydrogens (tertiary/aromatic N) is 3. The number of benzene rings is 2. The molecule has 2 aromatic carbocycles. The van der Waals surface area contributed by atoms with Gasteiger partial charge < -0.3 is 14.3 Å². The third kappa shape index (κ3) is 9.29. The number of hydrogen-bond acceptors (Lipinski definition) is 6. The van der Waals surface area contributed by atoms with E-state index in [1.807, 2.05) is 18.2 Å². The predicted molar refractivity (Wildman–Crippen MR) is 170 cm³/mol. The van der Waals surface area contributed by atoms with Crippen molar-refractivity contribution in [3.05, 3.63) is 98.8 Å². The van der Waals surface area contributed by atoms with Crippen LogP contribution < -0.4 is 4.74 Å². The fraction of sp³-hybridized carbons (Fsp3) is 0.375. The molecular formula is C32H38ClN3O6Si. The number of methoxy groups -OCH3 is 1. The second-order valence-electron chi connectivity index (χ2n) is 11.7. The lowest BCUT2D eigenvalue weighted by Gasteiger charge is -2.43. The van der Waals surface area contributed by atoms with Crippen LogP contribution in [0.3, 0.4) is 0 Å². The number of carboxylic acid groups (broad SMARTS) is 1. The van der Waals surface area contributed by atoms with Gasteiger partial charge >= 0.3 is 6.09 Å². The van der Waals surface area contributed by atoms with E-state index >= 15 is 0 Å². The smallest absolute Gasteiger partial charge is 0.407 e. The molecule has 228 valence electrons. The quantitative estimate of drug-likeness (QED) is 0.0754. The Morgan fingerprint density at radius 2 is 1.77 bits per heavy atom. The highest BCUT2D eigenvalue weighted by atomic mass is 35.5. The molecule has 43 heavy (non-hydrogen) atoms. The van der Waals surface area contributed by atoms with Crippen LogP contribution >= 0.6 is 11.6 Å². The van der Waals surface area contributed by atoms with Crippen molar-refractivity contribution in [1.82, 2.24) is 9.88 Å². The van der Waals surface area contributed by atoms with Gasteiger partial charge in [-0.2, -0.15) is 0 Å². The van der Waals surface area contributed by atoms with Gasteiger partial charge in [0.2, 0.25) is 0 Å². The molecule has 1 unspecified atom stereocenters. The van der Waals surface area contributed by atoms with Crippen LogP contribution in [-0.4, -0.2) is 47.5 Å². The monoisotopic (exact) mass is 623 g/mol. The molecule has 1 heterocycles. The van der Waals surface area contributed by atoms with E-state index in [0.29, 0.717) is 29.3 Å². The number of amides is 1. The molecule has 2 atom stereocenters. The number of halogens is 1. The lowest BCUT2D eigenvalue weighted by atomic mass is 9.97. The third-order valence-corrected chi connectivity index (χ3v) is 12.4. The van der Waals surface area contributed by atoms with Gasteiger partial charge in [-0.3, -0.25) is 15.0 Å². The number of nitro benzene ring substituents is 1. The molecule has 3 aromatic rings. The molecule has 0 aliphatic rings. The molecule has 1 amide bonds. The maximum atomic E-state index is 12.9. The average molecular weight is 624 g/mol. The Morgan fingerprint density at radius 1 is 1.12 bits per heavy atom. The van der Waals surface area contributed by atoms with Crippen LogP contribution in [0.1, 0.15) is 56.4 Å². The van der Waals surface area contributed by atoms with E-state index in [-0.39, 0.29) is 17.3 Å². The fourth-order valence-electron chi connectivity index (χ4n) is 4.19. The maximum Gasteiger partial charge on any atom is 0.407 e. The molecule has 1 N–H and O–H groups in total. The molecule has 0 aliphatic heterocycles. The summed E-state index contributed by atoms with van der Waals surface area (Å²) in [6, 6.07) is 16.2. The molecule has 0 saturated carbocycles. The van der Waals surface area contributed by atoms with Crippen molar-refractivity contribution in [2.75, 3.05) is 7.11 Å². The highest BCUT2D eigenvalue weighted by Gasteiger charge is 2.43. The second kappa shape index (κ2) is 14.5. The zero-order valence-corrected chi connectivity index (χ0v) is 27.1. The summed E-state index contributed by atoms with van der Waals surface area (Å²) in [5.74, 6) is 6.84. The number of hydrogen-bond donors (Lipinski definition) is 1. The van der Waals surface area contributed by atoms with Gasteiger partial charge in [-0.25, -0.2) is 9.78 Å². The molecule has 3 rings (SSSR count). The van der Waals surface area contributed by atoms with Crippen molar-refractivity contribution in [2.24, 2.45) is 0 Å². The normalized spacial score (nSPS) is 12.9. The van der Waals surface area contributed by atoms with Gasteiger partial charge in [0, 0.05) is 42.4 Å². The van der Waals surface area contributed by atoms with Crippen molar-refractivity contribution in [3.63, 3.8) is 0 Å². The van der Waals surface area contributed by atoms with Crippen molar-refractivity contribution in [3.8, 4) is 17.6 Å².